The van der Waals surface area contributed by atoms with Gasteiger partial charge >= 0.3 is 0 Å². The van der Waals surface area contributed by atoms with Gasteiger partial charge in [-0.05, 0) is 6.26 Å². The monoisotopic (exact) mass is 248 g/mol. The lowest BCUT2D eigenvalue weighted by Crippen LogP contribution is -1.93. The first-order valence-corrected chi connectivity index (χ1v) is 5.91. The molecule has 6 nitrogen and oxygen atoms in total. The van der Waals surface area contributed by atoms with E-state index in [0.29, 0.717) is 16.4 Å². The predicted octanol–water partition coefficient (Wildman–Crippen LogP) is 2.17. The van der Waals surface area contributed by atoms with E-state index in [0.717, 1.165) is 0 Å². The first-order chi connectivity index (χ1) is 8.20. The van der Waals surface area contributed by atoms with Crippen molar-refractivity contribution in [1.29, 1.82) is 0 Å². The van der Waals surface area contributed by atoms with Crippen molar-refractivity contribution in [2.45, 2.75) is 5.16 Å². The number of thioether (sulfide) groups is 1. The molecule has 0 fully saturated rings. The van der Waals surface area contributed by atoms with Crippen molar-refractivity contribution in [3.63, 3.8) is 0 Å². The minimum absolute atomic E-state index is 0.0262. The van der Waals surface area contributed by atoms with Gasteiger partial charge in [0, 0.05) is 17.7 Å². The van der Waals surface area contributed by atoms with Crippen molar-refractivity contribution >= 4 is 17.4 Å². The van der Waals surface area contributed by atoms with Crippen LogP contribution >= 0.6 is 11.8 Å². The highest BCUT2D eigenvalue weighted by Crippen LogP contribution is 2.21. The van der Waals surface area contributed by atoms with Crippen molar-refractivity contribution in [1.82, 2.24) is 15.2 Å². The fourth-order valence-corrected chi connectivity index (χ4v) is 1.55. The SMILES string of the molecule is CSc1ncc(-c2cccc([N+](=O)[O-])c2)nn1. The second kappa shape index (κ2) is 4.88. The first kappa shape index (κ1) is 11.5. The molecule has 0 aliphatic rings. The molecule has 0 atom stereocenters. The van der Waals surface area contributed by atoms with Crippen LogP contribution in [0.3, 0.4) is 0 Å². The number of benzene rings is 1. The standard InChI is InChI=1S/C10H8N4O2S/c1-17-10-11-6-9(12-13-10)7-3-2-4-8(5-7)14(15)16/h2-6H,1H3. The Balaban J connectivity index is 2.38. The number of nitrogens with zero attached hydrogens (tertiary/aromatic N) is 4. The maximum atomic E-state index is 10.6. The maximum absolute atomic E-state index is 10.6. The average Bonchev–Trinajstić information content (AvgIpc) is 2.39. The third-order valence-corrected chi connectivity index (χ3v) is 2.63. The van der Waals surface area contributed by atoms with Gasteiger partial charge in [0.05, 0.1) is 11.1 Å². The van der Waals surface area contributed by atoms with Gasteiger partial charge in [-0.15, -0.1) is 10.2 Å². The first-order valence-electron chi connectivity index (χ1n) is 4.69. The molecule has 0 saturated carbocycles. The van der Waals surface area contributed by atoms with Crippen LogP contribution in [0.5, 0.6) is 0 Å². The van der Waals surface area contributed by atoms with Crippen LogP contribution in [0.2, 0.25) is 0 Å². The molecule has 0 unspecified atom stereocenters. The van der Waals surface area contributed by atoms with Crippen LogP contribution in [0, 0.1) is 10.1 Å². The molecule has 0 amide bonds. The van der Waals surface area contributed by atoms with Gasteiger partial charge in [-0.2, -0.15) is 0 Å². The summed E-state index contributed by atoms with van der Waals surface area (Å²) in [6.45, 7) is 0. The second-order valence-electron chi connectivity index (χ2n) is 3.14. The molecule has 2 aromatic rings. The molecule has 0 aliphatic carbocycles. The number of nitro benzene ring substituents is 1. The van der Waals surface area contributed by atoms with E-state index in [2.05, 4.69) is 15.2 Å². The molecule has 17 heavy (non-hydrogen) atoms. The smallest absolute Gasteiger partial charge is 0.258 e. The normalized spacial score (nSPS) is 10.2. The molecule has 0 aliphatic heterocycles. The summed E-state index contributed by atoms with van der Waals surface area (Å²) < 4.78 is 0. The van der Waals surface area contributed by atoms with Crippen LogP contribution < -0.4 is 0 Å². The Labute approximate surface area is 101 Å². The van der Waals surface area contributed by atoms with Gasteiger partial charge in [0.25, 0.3) is 5.69 Å². The largest absolute Gasteiger partial charge is 0.270 e. The second-order valence-corrected chi connectivity index (χ2v) is 3.91. The van der Waals surface area contributed by atoms with E-state index in [-0.39, 0.29) is 5.69 Å². The Morgan fingerprint density at radius 2 is 2.18 bits per heavy atom. The van der Waals surface area contributed by atoms with Crippen molar-refractivity contribution < 1.29 is 4.92 Å². The van der Waals surface area contributed by atoms with Crippen LogP contribution in [0.25, 0.3) is 11.3 Å². The Hall–Kier alpha value is -2.02. The van der Waals surface area contributed by atoms with Gasteiger partial charge in [0.2, 0.25) is 5.16 Å². The quantitative estimate of drug-likeness (QED) is 0.470. The summed E-state index contributed by atoms with van der Waals surface area (Å²) >= 11 is 1.39. The average molecular weight is 248 g/mol. The predicted molar refractivity (Wildman–Crippen MR) is 63.7 cm³/mol. The van der Waals surface area contributed by atoms with E-state index in [1.54, 1.807) is 18.3 Å². The molecule has 1 heterocycles. The van der Waals surface area contributed by atoms with E-state index in [1.165, 1.54) is 23.9 Å². The molecule has 0 spiro atoms. The maximum Gasteiger partial charge on any atom is 0.270 e. The van der Waals surface area contributed by atoms with Gasteiger partial charge in [-0.3, -0.25) is 10.1 Å². The van der Waals surface area contributed by atoms with E-state index in [9.17, 15) is 10.1 Å². The van der Waals surface area contributed by atoms with Gasteiger partial charge in [0.1, 0.15) is 5.69 Å². The van der Waals surface area contributed by atoms with Crippen LogP contribution in [-0.4, -0.2) is 26.4 Å². The summed E-state index contributed by atoms with van der Waals surface area (Å²) in [7, 11) is 0. The van der Waals surface area contributed by atoms with Crippen molar-refractivity contribution in [2.75, 3.05) is 6.26 Å². The topological polar surface area (TPSA) is 81.8 Å². The zero-order valence-corrected chi connectivity index (χ0v) is 9.72. The lowest BCUT2D eigenvalue weighted by molar-refractivity contribution is -0.384. The Morgan fingerprint density at radius 1 is 1.35 bits per heavy atom. The van der Waals surface area contributed by atoms with Gasteiger partial charge in [0.15, 0.2) is 0 Å². The summed E-state index contributed by atoms with van der Waals surface area (Å²) in [5, 5.41) is 19.0. The zero-order valence-electron chi connectivity index (χ0n) is 8.90. The van der Waals surface area contributed by atoms with Gasteiger partial charge < -0.3 is 0 Å². The fourth-order valence-electron chi connectivity index (χ4n) is 1.27. The summed E-state index contributed by atoms with van der Waals surface area (Å²) in [6, 6.07) is 6.22. The summed E-state index contributed by atoms with van der Waals surface area (Å²) in [5.74, 6) is 0. The number of hydrogen-bond donors (Lipinski definition) is 0. The van der Waals surface area contributed by atoms with Crippen molar-refractivity contribution in [2.24, 2.45) is 0 Å². The van der Waals surface area contributed by atoms with E-state index in [1.807, 2.05) is 6.26 Å². The molecule has 1 aromatic carbocycles. The zero-order chi connectivity index (χ0) is 12.3. The Morgan fingerprint density at radius 3 is 2.76 bits per heavy atom. The molecule has 0 saturated heterocycles. The van der Waals surface area contributed by atoms with Crippen LogP contribution in [0.15, 0.2) is 35.6 Å². The van der Waals surface area contributed by atoms with Crippen LogP contribution in [0.1, 0.15) is 0 Å². The minimum atomic E-state index is -0.444. The van der Waals surface area contributed by atoms with Gasteiger partial charge in [-0.1, -0.05) is 23.9 Å². The summed E-state index contributed by atoms with van der Waals surface area (Å²) in [4.78, 5) is 14.3. The molecule has 2 rings (SSSR count). The molecular formula is C10H8N4O2S. The fraction of sp³-hybridized carbons (Fsp3) is 0.100. The molecule has 1 aromatic heterocycles. The van der Waals surface area contributed by atoms with E-state index < -0.39 is 4.92 Å². The molecule has 0 radical (unpaired) electrons. The van der Waals surface area contributed by atoms with E-state index >= 15 is 0 Å². The Bertz CT molecular complexity index is 544. The molecular weight excluding hydrogens is 240 g/mol. The molecule has 7 heteroatoms. The molecule has 0 bridgehead atoms. The van der Waals surface area contributed by atoms with Crippen molar-refractivity contribution in [3.8, 4) is 11.3 Å². The summed E-state index contributed by atoms with van der Waals surface area (Å²) in [6.07, 6.45) is 3.40. The third-order valence-electron chi connectivity index (χ3n) is 2.08. The molecule has 86 valence electrons. The lowest BCUT2D eigenvalue weighted by Gasteiger charge is -1.99. The number of nitro groups is 1. The van der Waals surface area contributed by atoms with Crippen LogP contribution in [0.4, 0.5) is 5.69 Å². The number of aromatic nitrogens is 3. The number of hydrogen-bond acceptors (Lipinski definition) is 6. The highest BCUT2D eigenvalue weighted by Gasteiger charge is 2.08. The molecule has 0 N–H and O–H groups in total. The third kappa shape index (κ3) is 2.56. The minimum Gasteiger partial charge on any atom is -0.258 e. The van der Waals surface area contributed by atoms with Crippen LogP contribution in [-0.2, 0) is 0 Å². The lowest BCUT2D eigenvalue weighted by atomic mass is 10.1. The van der Waals surface area contributed by atoms with Gasteiger partial charge in [-0.25, -0.2) is 4.98 Å². The number of non-ortho nitro benzene ring substituents is 1. The van der Waals surface area contributed by atoms with E-state index in [4.69, 9.17) is 0 Å². The van der Waals surface area contributed by atoms with Crippen molar-refractivity contribution in [3.05, 3.63) is 40.6 Å². The highest BCUT2D eigenvalue weighted by molar-refractivity contribution is 7.98. The summed E-state index contributed by atoms with van der Waals surface area (Å²) in [5.41, 5.74) is 1.18. The Kier molecular flexibility index (Phi) is 3.29. The highest BCUT2D eigenvalue weighted by atomic mass is 32.2. The number of rotatable bonds is 3.